The third kappa shape index (κ3) is 2.30. The number of carboxylic acid groups (broad SMARTS) is 1. The highest BCUT2D eigenvalue weighted by Gasteiger charge is 2.19. The number of amides is 1. The molecule has 0 saturated carbocycles. The molecule has 0 bridgehead atoms. The van der Waals surface area contributed by atoms with Gasteiger partial charge in [-0.05, 0) is 0 Å². The highest BCUT2D eigenvalue weighted by atomic mass is 16.4. The number of rotatable bonds is 4. The predicted octanol–water partition coefficient (Wildman–Crippen LogP) is -0.239. The van der Waals surface area contributed by atoms with Gasteiger partial charge < -0.3 is 20.4 Å². The Bertz CT molecular complexity index is 531. The average Bonchev–Trinajstić information content (AvgIpc) is 2.96. The van der Waals surface area contributed by atoms with E-state index >= 15 is 0 Å². The second-order valence-electron chi connectivity index (χ2n) is 3.19. The van der Waals surface area contributed by atoms with Gasteiger partial charge in [0.25, 0.3) is 5.91 Å². The van der Waals surface area contributed by atoms with Gasteiger partial charge in [0.2, 0.25) is 0 Å². The number of H-pyrrole nitrogens is 2. The van der Waals surface area contributed by atoms with E-state index in [0.29, 0.717) is 5.69 Å². The number of aromatic carboxylic acids is 1. The van der Waals surface area contributed by atoms with Gasteiger partial charge in [0.1, 0.15) is 0 Å². The van der Waals surface area contributed by atoms with Crippen molar-refractivity contribution < 1.29 is 14.7 Å². The highest BCUT2D eigenvalue weighted by Crippen LogP contribution is 2.02. The van der Waals surface area contributed by atoms with E-state index in [1.54, 1.807) is 6.20 Å². The van der Waals surface area contributed by atoms with Gasteiger partial charge in [-0.15, -0.1) is 0 Å². The lowest BCUT2D eigenvalue weighted by molar-refractivity contribution is 0.0685. The zero-order chi connectivity index (χ0) is 12.3. The van der Waals surface area contributed by atoms with E-state index in [0.717, 1.165) is 6.33 Å². The van der Waals surface area contributed by atoms with Crippen LogP contribution in [0, 0.1) is 0 Å². The molecule has 4 N–H and O–H groups in total. The highest BCUT2D eigenvalue weighted by molar-refractivity contribution is 6.02. The van der Waals surface area contributed by atoms with Crippen LogP contribution < -0.4 is 5.32 Å². The number of nitrogens with zero attached hydrogens (tertiary/aromatic N) is 2. The van der Waals surface area contributed by atoms with Gasteiger partial charge >= 0.3 is 5.97 Å². The van der Waals surface area contributed by atoms with Crippen molar-refractivity contribution in [2.75, 3.05) is 0 Å². The zero-order valence-corrected chi connectivity index (χ0v) is 8.60. The van der Waals surface area contributed by atoms with Gasteiger partial charge in [0.15, 0.2) is 11.4 Å². The fourth-order valence-electron chi connectivity index (χ4n) is 1.27. The molecule has 1 amide bonds. The third-order valence-electron chi connectivity index (χ3n) is 2.06. The second-order valence-corrected chi connectivity index (χ2v) is 3.19. The molecule has 0 saturated heterocycles. The molecule has 2 heterocycles. The standard InChI is InChI=1S/C9H9N5O3/c15-8(11-2-5-1-10-3-12-5)6-7(9(16)17)14-4-13-6/h1,3-4H,2H2,(H,10,12)(H,11,15)(H,13,14)(H,16,17). The van der Waals surface area contributed by atoms with E-state index in [4.69, 9.17) is 5.11 Å². The van der Waals surface area contributed by atoms with E-state index < -0.39 is 11.9 Å². The zero-order valence-electron chi connectivity index (χ0n) is 8.60. The smallest absolute Gasteiger partial charge is 0.354 e. The molecule has 17 heavy (non-hydrogen) atoms. The maximum absolute atomic E-state index is 11.6. The van der Waals surface area contributed by atoms with E-state index in [-0.39, 0.29) is 17.9 Å². The van der Waals surface area contributed by atoms with Crippen molar-refractivity contribution in [3.05, 3.63) is 35.9 Å². The quantitative estimate of drug-likeness (QED) is 0.582. The summed E-state index contributed by atoms with van der Waals surface area (Å²) in [5.41, 5.74) is 0.342. The van der Waals surface area contributed by atoms with Crippen LogP contribution in [0.5, 0.6) is 0 Å². The van der Waals surface area contributed by atoms with E-state index in [1.807, 2.05) is 0 Å². The molecule has 88 valence electrons. The number of carbonyl (C=O) groups excluding carboxylic acids is 1. The summed E-state index contributed by atoms with van der Waals surface area (Å²) < 4.78 is 0. The summed E-state index contributed by atoms with van der Waals surface area (Å²) in [4.78, 5) is 35.0. The lowest BCUT2D eigenvalue weighted by atomic mass is 10.3. The number of hydrogen-bond donors (Lipinski definition) is 4. The minimum absolute atomic E-state index is 0.142. The number of hydrogen-bond acceptors (Lipinski definition) is 4. The molecule has 0 aliphatic heterocycles. The van der Waals surface area contributed by atoms with Crippen LogP contribution in [0.3, 0.4) is 0 Å². The molecule has 0 radical (unpaired) electrons. The molecule has 0 unspecified atom stereocenters. The molecule has 2 rings (SSSR count). The first-order valence-corrected chi connectivity index (χ1v) is 4.70. The SMILES string of the molecule is O=C(NCc1cnc[nH]1)c1nc[nH]c1C(=O)O. The van der Waals surface area contributed by atoms with Crippen LogP contribution in [0.2, 0.25) is 0 Å². The Morgan fingerprint density at radius 3 is 2.82 bits per heavy atom. The maximum atomic E-state index is 11.6. The van der Waals surface area contributed by atoms with Crippen LogP contribution in [-0.4, -0.2) is 36.9 Å². The minimum atomic E-state index is -1.23. The molecule has 2 aromatic rings. The van der Waals surface area contributed by atoms with Gasteiger partial charge in [0.05, 0.1) is 24.9 Å². The second kappa shape index (κ2) is 4.47. The number of nitrogens with one attached hydrogen (secondary N) is 3. The van der Waals surface area contributed by atoms with Gasteiger partial charge in [-0.3, -0.25) is 4.79 Å². The van der Waals surface area contributed by atoms with Crippen LogP contribution in [0.4, 0.5) is 0 Å². The van der Waals surface area contributed by atoms with Gasteiger partial charge in [-0.2, -0.15) is 0 Å². The number of carboxylic acids is 1. The van der Waals surface area contributed by atoms with E-state index in [2.05, 4.69) is 25.3 Å². The van der Waals surface area contributed by atoms with Crippen LogP contribution >= 0.6 is 0 Å². The van der Waals surface area contributed by atoms with Crippen LogP contribution in [0.25, 0.3) is 0 Å². The molecule has 0 fully saturated rings. The fraction of sp³-hybridized carbons (Fsp3) is 0.111. The normalized spacial score (nSPS) is 10.1. The van der Waals surface area contributed by atoms with Crippen molar-refractivity contribution >= 4 is 11.9 Å². The Hall–Kier alpha value is -2.64. The molecule has 0 atom stereocenters. The molecule has 0 aromatic carbocycles. The monoisotopic (exact) mass is 235 g/mol. The van der Waals surface area contributed by atoms with Crippen LogP contribution in [0.1, 0.15) is 26.7 Å². The van der Waals surface area contributed by atoms with E-state index in [9.17, 15) is 9.59 Å². The van der Waals surface area contributed by atoms with Crippen molar-refractivity contribution in [2.24, 2.45) is 0 Å². The summed E-state index contributed by atoms with van der Waals surface area (Å²) in [6.45, 7) is 0.227. The molecule has 0 aliphatic rings. The molecule has 0 aliphatic carbocycles. The molecule has 8 nitrogen and oxygen atoms in total. The molecule has 2 aromatic heterocycles. The molecular weight excluding hydrogens is 226 g/mol. The summed E-state index contributed by atoms with van der Waals surface area (Å²) >= 11 is 0. The molecule has 8 heteroatoms. The number of aromatic nitrogens is 4. The first kappa shape index (κ1) is 10.9. The number of imidazole rings is 2. The topological polar surface area (TPSA) is 124 Å². The first-order chi connectivity index (χ1) is 8.18. The predicted molar refractivity (Wildman–Crippen MR) is 55.3 cm³/mol. The first-order valence-electron chi connectivity index (χ1n) is 4.70. The number of aromatic amines is 2. The van der Waals surface area contributed by atoms with Gasteiger partial charge in [0, 0.05) is 6.20 Å². The summed E-state index contributed by atoms with van der Waals surface area (Å²) in [5, 5.41) is 11.3. The lowest BCUT2D eigenvalue weighted by Crippen LogP contribution is -2.25. The van der Waals surface area contributed by atoms with Crippen molar-refractivity contribution in [3.63, 3.8) is 0 Å². The van der Waals surface area contributed by atoms with Crippen LogP contribution in [0.15, 0.2) is 18.9 Å². The Kier molecular flexibility index (Phi) is 2.86. The Morgan fingerprint density at radius 1 is 1.35 bits per heavy atom. The van der Waals surface area contributed by atoms with Crippen molar-refractivity contribution in [2.45, 2.75) is 6.54 Å². The Balaban J connectivity index is 2.04. The fourth-order valence-corrected chi connectivity index (χ4v) is 1.27. The average molecular weight is 235 g/mol. The Labute approximate surface area is 95.1 Å². The lowest BCUT2D eigenvalue weighted by Gasteiger charge is -2.01. The maximum Gasteiger partial charge on any atom is 0.354 e. The van der Waals surface area contributed by atoms with Gasteiger partial charge in [-0.1, -0.05) is 0 Å². The summed E-state index contributed by atoms with van der Waals surface area (Å²) in [6, 6.07) is 0. The molecule has 0 spiro atoms. The largest absolute Gasteiger partial charge is 0.477 e. The number of carbonyl (C=O) groups is 2. The van der Waals surface area contributed by atoms with Crippen molar-refractivity contribution in [3.8, 4) is 0 Å². The van der Waals surface area contributed by atoms with Crippen molar-refractivity contribution in [1.82, 2.24) is 25.3 Å². The van der Waals surface area contributed by atoms with Crippen LogP contribution in [-0.2, 0) is 6.54 Å². The summed E-state index contributed by atoms with van der Waals surface area (Å²) in [5.74, 6) is -1.78. The van der Waals surface area contributed by atoms with E-state index in [1.165, 1.54) is 6.33 Å². The summed E-state index contributed by atoms with van der Waals surface area (Å²) in [7, 11) is 0. The Morgan fingerprint density at radius 2 is 2.18 bits per heavy atom. The third-order valence-corrected chi connectivity index (χ3v) is 2.06. The summed E-state index contributed by atoms with van der Waals surface area (Å²) in [6.07, 6.45) is 4.20. The minimum Gasteiger partial charge on any atom is -0.477 e. The molecular formula is C9H9N5O3. The van der Waals surface area contributed by atoms with Crippen molar-refractivity contribution in [1.29, 1.82) is 0 Å². The van der Waals surface area contributed by atoms with Gasteiger partial charge in [-0.25, -0.2) is 14.8 Å².